The van der Waals surface area contributed by atoms with Crippen molar-refractivity contribution in [2.75, 3.05) is 20.1 Å². The monoisotopic (exact) mass is 250 g/mol. The van der Waals surface area contributed by atoms with Crippen LogP contribution in [0.1, 0.15) is 18.4 Å². The van der Waals surface area contributed by atoms with E-state index >= 15 is 0 Å². The molecule has 0 radical (unpaired) electrons. The summed E-state index contributed by atoms with van der Waals surface area (Å²) in [6.45, 7) is 2.58. The van der Waals surface area contributed by atoms with Crippen LogP contribution in [-0.2, 0) is 11.3 Å². The number of nitrogens with zero attached hydrogens (tertiary/aromatic N) is 1. The van der Waals surface area contributed by atoms with Gasteiger partial charge in [0.05, 0.1) is 5.92 Å². The molecule has 18 heavy (non-hydrogen) atoms. The van der Waals surface area contributed by atoms with Crippen LogP contribution >= 0.6 is 0 Å². The highest BCUT2D eigenvalue weighted by molar-refractivity contribution is 5.78. The Bertz CT molecular complexity index is 405. The molecule has 98 valence electrons. The van der Waals surface area contributed by atoms with Crippen molar-refractivity contribution < 1.29 is 9.18 Å². The number of carbonyl (C=O) groups excluding carboxylic acids is 1. The molecule has 4 heteroatoms. The summed E-state index contributed by atoms with van der Waals surface area (Å²) in [5, 5.41) is 2.71. The number of carbonyl (C=O) groups is 1. The summed E-state index contributed by atoms with van der Waals surface area (Å²) in [6.07, 6.45) is 2.00. The molecule has 1 saturated heterocycles. The van der Waals surface area contributed by atoms with Crippen molar-refractivity contribution in [2.24, 2.45) is 5.92 Å². The predicted octanol–water partition coefficient (Wildman–Crippen LogP) is 1.78. The first-order valence-corrected chi connectivity index (χ1v) is 6.37. The number of hydrogen-bond acceptors (Lipinski definition) is 2. The average molecular weight is 250 g/mol. The molecule has 0 saturated carbocycles. The molecule has 1 aromatic rings. The zero-order valence-electron chi connectivity index (χ0n) is 10.7. The number of benzene rings is 1. The van der Waals surface area contributed by atoms with Crippen molar-refractivity contribution in [3.05, 3.63) is 35.6 Å². The molecule has 1 N–H and O–H groups in total. The van der Waals surface area contributed by atoms with E-state index in [1.54, 1.807) is 19.2 Å². The normalized spacial score (nSPS) is 20.7. The maximum Gasteiger partial charge on any atom is 0.224 e. The van der Waals surface area contributed by atoms with Gasteiger partial charge in [0.2, 0.25) is 5.91 Å². The third kappa shape index (κ3) is 3.29. The number of halogens is 1. The average Bonchev–Trinajstić information content (AvgIpc) is 2.41. The second kappa shape index (κ2) is 5.96. The number of hydrogen-bond donors (Lipinski definition) is 1. The van der Waals surface area contributed by atoms with Crippen LogP contribution in [0.4, 0.5) is 4.39 Å². The van der Waals surface area contributed by atoms with Crippen LogP contribution in [0, 0.1) is 11.7 Å². The Balaban J connectivity index is 1.93. The third-order valence-electron chi connectivity index (χ3n) is 3.44. The van der Waals surface area contributed by atoms with Gasteiger partial charge in [-0.1, -0.05) is 12.1 Å². The minimum atomic E-state index is -0.208. The maximum absolute atomic E-state index is 12.8. The molecule has 1 amide bonds. The van der Waals surface area contributed by atoms with Crippen LogP contribution in [0.5, 0.6) is 0 Å². The standard InChI is InChI=1S/C14H19FN2O/c1-16-14(18)12-3-2-8-17(10-12)9-11-4-6-13(15)7-5-11/h4-7,12H,2-3,8-10H2,1H3,(H,16,18). The molecular weight excluding hydrogens is 231 g/mol. The largest absolute Gasteiger partial charge is 0.359 e. The van der Waals surface area contributed by atoms with Crippen molar-refractivity contribution in [1.82, 2.24) is 10.2 Å². The Labute approximate surface area is 107 Å². The van der Waals surface area contributed by atoms with Gasteiger partial charge in [-0.15, -0.1) is 0 Å². The zero-order valence-corrected chi connectivity index (χ0v) is 10.7. The van der Waals surface area contributed by atoms with Gasteiger partial charge in [-0.05, 0) is 37.1 Å². The summed E-state index contributed by atoms with van der Waals surface area (Å²) in [6, 6.07) is 6.57. The summed E-state index contributed by atoms with van der Waals surface area (Å²) in [4.78, 5) is 13.9. The lowest BCUT2D eigenvalue weighted by atomic mass is 9.97. The van der Waals surface area contributed by atoms with E-state index in [-0.39, 0.29) is 17.6 Å². The SMILES string of the molecule is CNC(=O)C1CCCN(Cc2ccc(F)cc2)C1. The molecule has 1 aliphatic heterocycles. The van der Waals surface area contributed by atoms with E-state index in [0.29, 0.717) is 0 Å². The van der Waals surface area contributed by atoms with Crippen LogP contribution in [0.2, 0.25) is 0 Å². The lowest BCUT2D eigenvalue weighted by molar-refractivity contribution is -0.126. The molecule has 1 aromatic carbocycles. The summed E-state index contributed by atoms with van der Waals surface area (Å²) in [7, 11) is 1.68. The van der Waals surface area contributed by atoms with E-state index in [0.717, 1.165) is 38.0 Å². The number of piperidine rings is 1. The molecule has 1 fully saturated rings. The van der Waals surface area contributed by atoms with Crippen molar-refractivity contribution in [1.29, 1.82) is 0 Å². The van der Waals surface area contributed by atoms with Crippen LogP contribution in [0.15, 0.2) is 24.3 Å². The van der Waals surface area contributed by atoms with Crippen molar-refractivity contribution in [3.8, 4) is 0 Å². The van der Waals surface area contributed by atoms with Crippen LogP contribution in [-0.4, -0.2) is 30.9 Å². The Hall–Kier alpha value is -1.42. The Morgan fingerprint density at radius 1 is 1.44 bits per heavy atom. The van der Waals surface area contributed by atoms with Gasteiger partial charge in [0.1, 0.15) is 5.82 Å². The highest BCUT2D eigenvalue weighted by Crippen LogP contribution is 2.18. The molecule has 1 heterocycles. The lowest BCUT2D eigenvalue weighted by Gasteiger charge is -2.31. The second-order valence-corrected chi connectivity index (χ2v) is 4.81. The van der Waals surface area contributed by atoms with Crippen LogP contribution < -0.4 is 5.32 Å². The minimum Gasteiger partial charge on any atom is -0.359 e. The van der Waals surface area contributed by atoms with Crippen molar-refractivity contribution in [3.63, 3.8) is 0 Å². The van der Waals surface area contributed by atoms with E-state index in [2.05, 4.69) is 10.2 Å². The van der Waals surface area contributed by atoms with Crippen molar-refractivity contribution in [2.45, 2.75) is 19.4 Å². The summed E-state index contributed by atoms with van der Waals surface area (Å²) >= 11 is 0. The van der Waals surface area contributed by atoms with Crippen LogP contribution in [0.25, 0.3) is 0 Å². The topological polar surface area (TPSA) is 32.3 Å². The number of amides is 1. The Morgan fingerprint density at radius 2 is 2.17 bits per heavy atom. The Kier molecular flexibility index (Phi) is 4.31. The molecule has 0 bridgehead atoms. The molecule has 1 unspecified atom stereocenters. The molecule has 0 aliphatic carbocycles. The van der Waals surface area contributed by atoms with Crippen molar-refractivity contribution >= 4 is 5.91 Å². The van der Waals surface area contributed by atoms with Gasteiger partial charge < -0.3 is 5.32 Å². The van der Waals surface area contributed by atoms with E-state index in [1.807, 2.05) is 0 Å². The lowest BCUT2D eigenvalue weighted by Crippen LogP contribution is -2.41. The summed E-state index contributed by atoms with van der Waals surface area (Å²) in [5.74, 6) is 0.00337. The fourth-order valence-corrected chi connectivity index (χ4v) is 2.47. The number of nitrogens with one attached hydrogen (secondary N) is 1. The number of rotatable bonds is 3. The highest BCUT2D eigenvalue weighted by atomic mass is 19.1. The van der Waals surface area contributed by atoms with Gasteiger partial charge >= 0.3 is 0 Å². The van der Waals surface area contributed by atoms with E-state index in [1.165, 1.54) is 12.1 Å². The van der Waals surface area contributed by atoms with E-state index in [9.17, 15) is 9.18 Å². The van der Waals surface area contributed by atoms with Gasteiger partial charge in [0.25, 0.3) is 0 Å². The molecule has 0 spiro atoms. The molecule has 1 atom stereocenters. The summed E-state index contributed by atoms with van der Waals surface area (Å²) < 4.78 is 12.8. The van der Waals surface area contributed by atoms with E-state index < -0.39 is 0 Å². The molecule has 1 aliphatic rings. The van der Waals surface area contributed by atoms with Crippen LogP contribution in [0.3, 0.4) is 0 Å². The molecular formula is C14H19FN2O. The van der Waals surface area contributed by atoms with Gasteiger partial charge in [-0.25, -0.2) is 4.39 Å². The van der Waals surface area contributed by atoms with Gasteiger partial charge in [-0.2, -0.15) is 0 Å². The molecule has 0 aromatic heterocycles. The fraction of sp³-hybridized carbons (Fsp3) is 0.500. The third-order valence-corrected chi connectivity index (χ3v) is 3.44. The second-order valence-electron chi connectivity index (χ2n) is 4.81. The molecule has 2 rings (SSSR count). The minimum absolute atomic E-state index is 0.0872. The summed E-state index contributed by atoms with van der Waals surface area (Å²) in [5.41, 5.74) is 1.09. The highest BCUT2D eigenvalue weighted by Gasteiger charge is 2.24. The molecule has 3 nitrogen and oxygen atoms in total. The predicted molar refractivity (Wildman–Crippen MR) is 68.5 cm³/mol. The number of likely N-dealkylation sites (tertiary alicyclic amines) is 1. The first-order chi connectivity index (χ1) is 8.69. The Morgan fingerprint density at radius 3 is 2.83 bits per heavy atom. The van der Waals surface area contributed by atoms with Gasteiger partial charge in [-0.3, -0.25) is 9.69 Å². The van der Waals surface area contributed by atoms with Gasteiger partial charge in [0, 0.05) is 20.1 Å². The quantitative estimate of drug-likeness (QED) is 0.887. The van der Waals surface area contributed by atoms with E-state index in [4.69, 9.17) is 0 Å². The van der Waals surface area contributed by atoms with Gasteiger partial charge in [0.15, 0.2) is 0 Å². The first kappa shape index (κ1) is 13.0. The first-order valence-electron chi connectivity index (χ1n) is 6.37. The maximum atomic E-state index is 12.8. The smallest absolute Gasteiger partial charge is 0.224 e. The zero-order chi connectivity index (χ0) is 13.0. The fourth-order valence-electron chi connectivity index (χ4n) is 2.47.